The van der Waals surface area contributed by atoms with Crippen LogP contribution in [-0.4, -0.2) is 24.7 Å². The minimum absolute atomic E-state index is 0.0428. The summed E-state index contributed by atoms with van der Waals surface area (Å²) < 4.78 is 0. The van der Waals surface area contributed by atoms with Gasteiger partial charge in [0.1, 0.15) is 0 Å². The fourth-order valence-corrected chi connectivity index (χ4v) is 3.54. The average molecular weight is 386 g/mol. The molecule has 1 aliphatic heterocycles. The minimum Gasteiger partial charge on any atom is -0.378 e. The van der Waals surface area contributed by atoms with Gasteiger partial charge in [0.15, 0.2) is 0 Å². The predicted molar refractivity (Wildman–Crippen MR) is 117 cm³/mol. The van der Waals surface area contributed by atoms with Gasteiger partial charge in [0.05, 0.1) is 22.4 Å². The van der Waals surface area contributed by atoms with E-state index in [-0.39, 0.29) is 16.7 Å². The predicted octanol–water partition coefficient (Wildman–Crippen LogP) is 5.02. The highest BCUT2D eigenvalue weighted by molar-refractivity contribution is 6.03. The van der Waals surface area contributed by atoms with Gasteiger partial charge in [-0.1, -0.05) is 42.5 Å². The fraction of sp³-hybridized carbons (Fsp3) is 0.174. The normalized spacial score (nSPS) is 15.9. The maximum atomic E-state index is 11.0. The second-order valence-corrected chi connectivity index (χ2v) is 7.24. The van der Waals surface area contributed by atoms with E-state index in [2.05, 4.69) is 41.3 Å². The Kier molecular flexibility index (Phi) is 4.99. The van der Waals surface area contributed by atoms with Crippen molar-refractivity contribution in [3.05, 3.63) is 100 Å². The van der Waals surface area contributed by atoms with Gasteiger partial charge in [-0.3, -0.25) is 15.1 Å². The van der Waals surface area contributed by atoms with E-state index in [0.29, 0.717) is 0 Å². The van der Waals surface area contributed by atoms with Crippen LogP contribution in [0.25, 0.3) is 0 Å². The average Bonchev–Trinajstić information content (AvgIpc) is 3.20. The first-order chi connectivity index (χ1) is 14.0. The van der Waals surface area contributed by atoms with Crippen molar-refractivity contribution in [1.82, 2.24) is 0 Å². The molecule has 0 radical (unpaired) electrons. The molecule has 0 amide bonds. The summed E-state index contributed by atoms with van der Waals surface area (Å²) in [6.07, 6.45) is 0.766. The number of benzene rings is 3. The first kappa shape index (κ1) is 18.7. The summed E-state index contributed by atoms with van der Waals surface area (Å²) in [6.45, 7) is 0. The Labute approximate surface area is 169 Å². The molecule has 4 rings (SSSR count). The molecule has 0 aliphatic carbocycles. The fourth-order valence-electron chi connectivity index (χ4n) is 3.54. The molecule has 6 nitrogen and oxygen atoms in total. The Hall–Kier alpha value is -3.67. The number of hydrazone groups is 1. The molecule has 3 aromatic rings. The van der Waals surface area contributed by atoms with Crippen molar-refractivity contribution in [3.8, 4) is 0 Å². The lowest BCUT2D eigenvalue weighted by atomic mass is 9.98. The molecule has 0 saturated carbocycles. The summed E-state index contributed by atoms with van der Waals surface area (Å²) in [5, 5.41) is 17.9. The number of non-ortho nitro benzene ring substituents is 1. The molecule has 1 atom stereocenters. The van der Waals surface area contributed by atoms with E-state index in [4.69, 9.17) is 5.10 Å². The third-order valence-corrected chi connectivity index (χ3v) is 5.14. The molecule has 29 heavy (non-hydrogen) atoms. The van der Waals surface area contributed by atoms with Gasteiger partial charge in [-0.2, -0.15) is 5.10 Å². The molecule has 1 aliphatic rings. The van der Waals surface area contributed by atoms with Crippen molar-refractivity contribution in [1.29, 1.82) is 0 Å². The van der Waals surface area contributed by atoms with E-state index in [0.717, 1.165) is 34.6 Å². The van der Waals surface area contributed by atoms with Gasteiger partial charge in [-0.05, 0) is 35.4 Å². The zero-order valence-electron chi connectivity index (χ0n) is 16.4. The maximum Gasteiger partial charge on any atom is 0.269 e. The Morgan fingerprint density at radius 2 is 1.62 bits per heavy atom. The molecule has 0 fully saturated rings. The number of nitrogens with zero attached hydrogens (tertiary/aromatic N) is 4. The summed E-state index contributed by atoms with van der Waals surface area (Å²) in [7, 11) is 4.04. The monoisotopic (exact) mass is 386 g/mol. The van der Waals surface area contributed by atoms with Crippen molar-refractivity contribution in [2.45, 2.75) is 12.5 Å². The van der Waals surface area contributed by atoms with Crippen molar-refractivity contribution in [3.63, 3.8) is 0 Å². The first-order valence-electron chi connectivity index (χ1n) is 9.47. The number of hydrogen-bond acceptors (Lipinski definition) is 5. The van der Waals surface area contributed by atoms with Gasteiger partial charge < -0.3 is 4.90 Å². The lowest BCUT2D eigenvalue weighted by Crippen LogP contribution is -2.18. The van der Waals surface area contributed by atoms with Gasteiger partial charge in [0.2, 0.25) is 0 Å². The standard InChI is InChI=1S/C23H22N4O2/c1-25(2)19-10-8-17(9-11-19)22-16-23(18-6-4-3-5-7-18)26(24-22)20-12-14-21(15-13-20)27(28)29/h3-15,23H,16H2,1-2H3/t23-/m1/s1. The van der Waals surface area contributed by atoms with Crippen LogP contribution in [0.4, 0.5) is 17.1 Å². The lowest BCUT2D eigenvalue weighted by molar-refractivity contribution is -0.384. The summed E-state index contributed by atoms with van der Waals surface area (Å²) in [4.78, 5) is 12.7. The number of anilines is 2. The summed E-state index contributed by atoms with van der Waals surface area (Å²) in [6, 6.07) is 25.2. The Bertz CT molecular complexity index is 1030. The maximum absolute atomic E-state index is 11.0. The van der Waals surface area contributed by atoms with Gasteiger partial charge in [0.25, 0.3) is 5.69 Å². The summed E-state index contributed by atoms with van der Waals surface area (Å²) in [5.74, 6) is 0. The second kappa shape index (κ2) is 7.75. The molecular weight excluding hydrogens is 364 g/mol. The summed E-state index contributed by atoms with van der Waals surface area (Å²) >= 11 is 0. The summed E-state index contributed by atoms with van der Waals surface area (Å²) in [5.41, 5.74) is 5.30. The van der Waals surface area contributed by atoms with Crippen LogP contribution in [0.2, 0.25) is 0 Å². The lowest BCUT2D eigenvalue weighted by Gasteiger charge is -2.23. The van der Waals surface area contributed by atoms with Gasteiger partial charge in [0, 0.05) is 38.3 Å². The van der Waals surface area contributed by atoms with Crippen LogP contribution in [0.15, 0.2) is 84.0 Å². The van der Waals surface area contributed by atoms with Crippen molar-refractivity contribution in [2.75, 3.05) is 24.0 Å². The highest BCUT2D eigenvalue weighted by atomic mass is 16.6. The molecule has 3 aromatic carbocycles. The van der Waals surface area contributed by atoms with E-state index >= 15 is 0 Å². The number of nitro benzene ring substituents is 1. The van der Waals surface area contributed by atoms with Crippen LogP contribution in [0.5, 0.6) is 0 Å². The quantitative estimate of drug-likeness (QED) is 0.456. The van der Waals surface area contributed by atoms with E-state index in [1.165, 1.54) is 12.1 Å². The largest absolute Gasteiger partial charge is 0.378 e. The topological polar surface area (TPSA) is 62.0 Å². The third-order valence-electron chi connectivity index (χ3n) is 5.14. The molecule has 0 N–H and O–H groups in total. The van der Waals surface area contributed by atoms with Crippen LogP contribution >= 0.6 is 0 Å². The van der Waals surface area contributed by atoms with Crippen LogP contribution in [0.1, 0.15) is 23.6 Å². The highest BCUT2D eigenvalue weighted by Crippen LogP contribution is 2.37. The van der Waals surface area contributed by atoms with Crippen molar-refractivity contribution < 1.29 is 4.92 Å². The molecule has 1 heterocycles. The van der Waals surface area contributed by atoms with Crippen LogP contribution < -0.4 is 9.91 Å². The van der Waals surface area contributed by atoms with E-state index in [1.54, 1.807) is 12.1 Å². The number of hydrogen-bond donors (Lipinski definition) is 0. The van der Waals surface area contributed by atoms with Gasteiger partial charge >= 0.3 is 0 Å². The zero-order chi connectivity index (χ0) is 20.4. The van der Waals surface area contributed by atoms with Crippen LogP contribution in [-0.2, 0) is 0 Å². The van der Waals surface area contributed by atoms with Crippen LogP contribution in [0, 0.1) is 10.1 Å². The Morgan fingerprint density at radius 1 is 0.966 bits per heavy atom. The molecular formula is C23H22N4O2. The molecule has 0 saturated heterocycles. The Balaban J connectivity index is 1.70. The van der Waals surface area contributed by atoms with Crippen molar-refractivity contribution in [2.24, 2.45) is 5.10 Å². The second-order valence-electron chi connectivity index (χ2n) is 7.24. The smallest absolute Gasteiger partial charge is 0.269 e. The SMILES string of the molecule is CN(C)c1ccc(C2=NN(c3ccc([N+](=O)[O-])cc3)[C@@H](c3ccccc3)C2)cc1. The molecule has 6 heteroatoms. The molecule has 0 bridgehead atoms. The third kappa shape index (κ3) is 3.82. The van der Waals surface area contributed by atoms with E-state index < -0.39 is 0 Å². The molecule has 0 spiro atoms. The molecule has 0 aromatic heterocycles. The first-order valence-corrected chi connectivity index (χ1v) is 9.47. The minimum atomic E-state index is -0.385. The van der Waals surface area contributed by atoms with E-state index in [1.807, 2.05) is 37.3 Å². The van der Waals surface area contributed by atoms with Crippen LogP contribution in [0.3, 0.4) is 0 Å². The Morgan fingerprint density at radius 3 is 2.21 bits per heavy atom. The highest BCUT2D eigenvalue weighted by Gasteiger charge is 2.30. The number of rotatable bonds is 5. The zero-order valence-corrected chi connectivity index (χ0v) is 16.4. The van der Waals surface area contributed by atoms with Gasteiger partial charge in [-0.25, -0.2) is 0 Å². The van der Waals surface area contributed by atoms with Crippen molar-refractivity contribution >= 4 is 22.8 Å². The van der Waals surface area contributed by atoms with Gasteiger partial charge in [-0.15, -0.1) is 0 Å². The number of nitro groups is 1. The van der Waals surface area contributed by atoms with E-state index in [9.17, 15) is 10.1 Å². The molecule has 146 valence electrons. The molecule has 0 unspecified atom stereocenters.